The molecule has 0 aliphatic carbocycles. The number of nitrogens with zero attached hydrogens (tertiary/aromatic N) is 2. The Hall–Kier alpha value is -2.72. The van der Waals surface area contributed by atoms with E-state index in [1.165, 1.54) is 35.6 Å². The number of thiophene rings is 1. The second kappa shape index (κ2) is 7.90. The summed E-state index contributed by atoms with van der Waals surface area (Å²) in [4.78, 5) is 28.8. The van der Waals surface area contributed by atoms with Crippen LogP contribution < -0.4 is 10.9 Å². The van der Waals surface area contributed by atoms with Crippen molar-refractivity contribution in [1.29, 1.82) is 0 Å². The number of thioether (sulfide) groups is 1. The molecule has 2 heterocycles. The van der Waals surface area contributed by atoms with Gasteiger partial charge >= 0.3 is 0 Å². The lowest BCUT2D eigenvalue weighted by Crippen LogP contribution is -2.42. The quantitative estimate of drug-likeness (QED) is 0.468. The number of aromatic amines is 1. The first-order valence-corrected chi connectivity index (χ1v) is 8.93. The standard InChI is InChI=1S/C15H12FN5O2S2/c16-10-5-2-1-4-9(10)14(23)20-18-12(22)8-25-15-17-13(19-21-15)11-6-3-7-24-11/h1-7H,8H2,(H,18,22)(H,20,23)(H,17,19,21). The summed E-state index contributed by atoms with van der Waals surface area (Å²) in [5.74, 6) is -1.22. The minimum absolute atomic E-state index is 0.000709. The van der Waals surface area contributed by atoms with E-state index in [4.69, 9.17) is 0 Å². The van der Waals surface area contributed by atoms with Crippen molar-refractivity contribution in [2.45, 2.75) is 5.16 Å². The van der Waals surface area contributed by atoms with Crippen molar-refractivity contribution in [2.24, 2.45) is 0 Å². The summed E-state index contributed by atoms with van der Waals surface area (Å²) in [5.41, 5.74) is 4.24. The average molecular weight is 377 g/mol. The maximum absolute atomic E-state index is 13.5. The zero-order valence-electron chi connectivity index (χ0n) is 12.7. The highest BCUT2D eigenvalue weighted by Gasteiger charge is 2.13. The second-order valence-corrected chi connectivity index (χ2v) is 6.60. The predicted molar refractivity (Wildman–Crippen MR) is 92.4 cm³/mol. The molecule has 7 nitrogen and oxygen atoms in total. The molecule has 3 N–H and O–H groups in total. The molecule has 3 aromatic rings. The van der Waals surface area contributed by atoms with Crippen LogP contribution in [-0.4, -0.2) is 32.7 Å². The van der Waals surface area contributed by atoms with Gasteiger partial charge in [0.1, 0.15) is 5.82 Å². The lowest BCUT2D eigenvalue weighted by atomic mass is 10.2. The largest absolute Gasteiger partial charge is 0.272 e. The van der Waals surface area contributed by atoms with Crippen molar-refractivity contribution in [2.75, 3.05) is 5.75 Å². The van der Waals surface area contributed by atoms with Crippen LogP contribution in [0.3, 0.4) is 0 Å². The fourth-order valence-electron chi connectivity index (χ4n) is 1.84. The van der Waals surface area contributed by atoms with Crippen LogP contribution >= 0.6 is 23.1 Å². The Morgan fingerprint density at radius 1 is 1.20 bits per heavy atom. The SMILES string of the molecule is O=C(CSc1n[nH]c(-c2cccs2)n1)NNC(=O)c1ccccc1F. The van der Waals surface area contributed by atoms with Crippen LogP contribution in [0.15, 0.2) is 46.9 Å². The number of nitrogens with one attached hydrogen (secondary N) is 3. The minimum atomic E-state index is -0.727. The molecule has 3 rings (SSSR count). The molecule has 2 aromatic heterocycles. The van der Waals surface area contributed by atoms with Crippen molar-refractivity contribution in [3.63, 3.8) is 0 Å². The predicted octanol–water partition coefficient (Wildman–Crippen LogP) is 2.23. The molecule has 0 bridgehead atoms. The lowest BCUT2D eigenvalue weighted by molar-refractivity contribution is -0.119. The number of benzene rings is 1. The minimum Gasteiger partial charge on any atom is -0.272 e. The first-order chi connectivity index (χ1) is 12.1. The van der Waals surface area contributed by atoms with E-state index in [1.807, 2.05) is 17.5 Å². The third-order valence-electron chi connectivity index (χ3n) is 2.99. The zero-order valence-corrected chi connectivity index (χ0v) is 14.3. The van der Waals surface area contributed by atoms with Gasteiger partial charge in [-0.25, -0.2) is 9.37 Å². The maximum atomic E-state index is 13.5. The van der Waals surface area contributed by atoms with Gasteiger partial charge in [0.2, 0.25) is 11.1 Å². The zero-order chi connectivity index (χ0) is 17.6. The van der Waals surface area contributed by atoms with E-state index in [9.17, 15) is 14.0 Å². The van der Waals surface area contributed by atoms with E-state index < -0.39 is 17.6 Å². The fraction of sp³-hybridized carbons (Fsp3) is 0.0667. The molecule has 0 saturated carbocycles. The molecule has 1 aromatic carbocycles. The van der Waals surface area contributed by atoms with Crippen molar-refractivity contribution >= 4 is 34.9 Å². The van der Waals surface area contributed by atoms with Gasteiger partial charge in [-0.1, -0.05) is 30.0 Å². The number of hydrazine groups is 1. The average Bonchev–Trinajstić information content (AvgIpc) is 3.29. The molecule has 25 heavy (non-hydrogen) atoms. The smallest absolute Gasteiger partial charge is 0.272 e. The van der Waals surface area contributed by atoms with E-state index in [0.717, 1.165) is 16.6 Å². The Bertz CT molecular complexity index is 882. The van der Waals surface area contributed by atoms with Crippen molar-refractivity contribution in [3.05, 3.63) is 53.2 Å². The molecular formula is C15H12FN5O2S2. The molecule has 0 aliphatic rings. The van der Waals surface area contributed by atoms with Crippen LogP contribution in [-0.2, 0) is 4.79 Å². The molecule has 0 aliphatic heterocycles. The highest BCUT2D eigenvalue weighted by Crippen LogP contribution is 2.22. The molecule has 0 spiro atoms. The van der Waals surface area contributed by atoms with Crippen LogP contribution in [0.1, 0.15) is 10.4 Å². The number of H-pyrrole nitrogens is 1. The molecule has 0 fully saturated rings. The highest BCUT2D eigenvalue weighted by atomic mass is 32.2. The normalized spacial score (nSPS) is 10.4. The number of carbonyl (C=O) groups excluding carboxylic acids is 2. The molecule has 0 saturated heterocycles. The summed E-state index contributed by atoms with van der Waals surface area (Å²) in [6.45, 7) is 0. The Balaban J connectivity index is 1.47. The van der Waals surface area contributed by atoms with Gasteiger partial charge in [-0.2, -0.15) is 0 Å². The van der Waals surface area contributed by atoms with Gasteiger partial charge in [0.25, 0.3) is 5.91 Å². The Morgan fingerprint density at radius 3 is 2.80 bits per heavy atom. The van der Waals surface area contributed by atoms with Gasteiger partial charge in [-0.15, -0.1) is 16.4 Å². The van der Waals surface area contributed by atoms with E-state index in [1.54, 1.807) is 0 Å². The summed E-state index contributed by atoms with van der Waals surface area (Å²) in [6.07, 6.45) is 0. The molecule has 0 atom stereocenters. The molecule has 128 valence electrons. The summed E-state index contributed by atoms with van der Waals surface area (Å²) in [7, 11) is 0. The Morgan fingerprint density at radius 2 is 2.04 bits per heavy atom. The van der Waals surface area contributed by atoms with E-state index in [-0.39, 0.29) is 11.3 Å². The van der Waals surface area contributed by atoms with Crippen molar-refractivity contribution in [3.8, 4) is 10.7 Å². The number of hydrogen-bond acceptors (Lipinski definition) is 6. The van der Waals surface area contributed by atoms with Gasteiger partial charge in [0, 0.05) is 0 Å². The van der Waals surface area contributed by atoms with Crippen LogP contribution in [0.5, 0.6) is 0 Å². The third kappa shape index (κ3) is 4.43. The first-order valence-electron chi connectivity index (χ1n) is 7.06. The number of aromatic nitrogens is 3. The summed E-state index contributed by atoms with van der Waals surface area (Å²) >= 11 is 2.63. The van der Waals surface area contributed by atoms with Gasteiger partial charge in [0.15, 0.2) is 5.82 Å². The van der Waals surface area contributed by atoms with Gasteiger partial charge in [-0.3, -0.25) is 25.5 Å². The summed E-state index contributed by atoms with van der Waals surface area (Å²) < 4.78 is 13.5. The third-order valence-corrected chi connectivity index (χ3v) is 4.71. The highest BCUT2D eigenvalue weighted by molar-refractivity contribution is 7.99. The maximum Gasteiger partial charge on any atom is 0.272 e. The van der Waals surface area contributed by atoms with Crippen LogP contribution in [0.25, 0.3) is 10.7 Å². The lowest BCUT2D eigenvalue weighted by Gasteiger charge is -2.07. The monoisotopic (exact) mass is 377 g/mol. The number of carbonyl (C=O) groups is 2. The molecule has 0 radical (unpaired) electrons. The fourth-order valence-corrected chi connectivity index (χ4v) is 3.10. The number of halogens is 1. The summed E-state index contributed by atoms with van der Waals surface area (Å²) in [5, 5.41) is 9.15. The number of rotatable bonds is 5. The Labute approximate surface area is 150 Å². The first kappa shape index (κ1) is 17.1. The second-order valence-electron chi connectivity index (χ2n) is 4.71. The van der Waals surface area contributed by atoms with Crippen molar-refractivity contribution in [1.82, 2.24) is 26.0 Å². The number of hydrogen-bond donors (Lipinski definition) is 3. The topological polar surface area (TPSA) is 99.8 Å². The van der Waals surface area contributed by atoms with Crippen molar-refractivity contribution < 1.29 is 14.0 Å². The van der Waals surface area contributed by atoms with Gasteiger partial charge in [0.05, 0.1) is 16.2 Å². The number of amides is 2. The van der Waals surface area contributed by atoms with Crippen LogP contribution in [0.2, 0.25) is 0 Å². The molecule has 0 unspecified atom stereocenters. The summed E-state index contributed by atoms with van der Waals surface area (Å²) in [6, 6.07) is 9.31. The van der Waals surface area contributed by atoms with Crippen LogP contribution in [0.4, 0.5) is 4.39 Å². The molecular weight excluding hydrogens is 365 g/mol. The van der Waals surface area contributed by atoms with E-state index in [2.05, 4.69) is 26.0 Å². The van der Waals surface area contributed by atoms with Gasteiger partial charge < -0.3 is 0 Å². The molecule has 2 amide bonds. The van der Waals surface area contributed by atoms with Crippen LogP contribution in [0, 0.1) is 5.82 Å². The molecule has 10 heteroatoms. The van der Waals surface area contributed by atoms with E-state index >= 15 is 0 Å². The van der Waals surface area contributed by atoms with E-state index in [0.29, 0.717) is 11.0 Å². The van der Waals surface area contributed by atoms with Gasteiger partial charge in [-0.05, 0) is 23.6 Å². The Kier molecular flexibility index (Phi) is 5.41.